The van der Waals surface area contributed by atoms with E-state index in [9.17, 15) is 0 Å². The van der Waals surface area contributed by atoms with Crippen LogP contribution >= 0.6 is 0 Å². The Morgan fingerprint density at radius 3 is 2.19 bits per heavy atom. The molecule has 0 spiro atoms. The van der Waals surface area contributed by atoms with Crippen LogP contribution in [0.15, 0.2) is 30.8 Å². The van der Waals surface area contributed by atoms with Crippen LogP contribution in [0.25, 0.3) is 6.08 Å². The molecule has 0 atom stereocenters. The SMILES string of the molecule is C=Cc1ccc(C2CCC(C=N)CC2)cc1. The van der Waals surface area contributed by atoms with Crippen molar-refractivity contribution in [3.8, 4) is 0 Å². The highest BCUT2D eigenvalue weighted by molar-refractivity contribution is 5.57. The van der Waals surface area contributed by atoms with Gasteiger partial charge in [-0.15, -0.1) is 0 Å². The Balaban J connectivity index is 2.02. The maximum atomic E-state index is 7.28. The highest BCUT2D eigenvalue weighted by Gasteiger charge is 2.20. The van der Waals surface area contributed by atoms with Crippen molar-refractivity contribution in [1.29, 1.82) is 5.41 Å². The van der Waals surface area contributed by atoms with Gasteiger partial charge in [-0.3, -0.25) is 0 Å². The second kappa shape index (κ2) is 5.11. The van der Waals surface area contributed by atoms with Gasteiger partial charge in [0, 0.05) is 0 Å². The van der Waals surface area contributed by atoms with Crippen molar-refractivity contribution in [2.24, 2.45) is 5.92 Å². The van der Waals surface area contributed by atoms with Crippen LogP contribution in [0, 0.1) is 11.3 Å². The molecule has 1 aliphatic carbocycles. The first-order valence-electron chi connectivity index (χ1n) is 6.06. The molecule has 0 aromatic heterocycles. The summed E-state index contributed by atoms with van der Waals surface area (Å²) in [6.45, 7) is 3.77. The van der Waals surface area contributed by atoms with Gasteiger partial charge < -0.3 is 5.41 Å². The Kier molecular flexibility index (Phi) is 3.55. The molecule has 0 saturated heterocycles. The van der Waals surface area contributed by atoms with Crippen molar-refractivity contribution in [3.05, 3.63) is 42.0 Å². The molecule has 0 heterocycles. The van der Waals surface area contributed by atoms with Crippen molar-refractivity contribution in [2.75, 3.05) is 0 Å². The first kappa shape index (κ1) is 11.1. The summed E-state index contributed by atoms with van der Waals surface area (Å²) in [5.74, 6) is 1.23. The van der Waals surface area contributed by atoms with Gasteiger partial charge in [0.05, 0.1) is 0 Å². The predicted octanol–water partition coefficient (Wildman–Crippen LogP) is 4.25. The number of hydrogen-bond donors (Lipinski definition) is 1. The Morgan fingerprint density at radius 2 is 1.69 bits per heavy atom. The van der Waals surface area contributed by atoms with E-state index >= 15 is 0 Å². The van der Waals surface area contributed by atoms with E-state index in [2.05, 4.69) is 30.8 Å². The maximum Gasteiger partial charge on any atom is -0.00167 e. The fraction of sp³-hybridized carbons (Fsp3) is 0.400. The molecule has 0 amide bonds. The molecule has 1 N–H and O–H groups in total. The van der Waals surface area contributed by atoms with Gasteiger partial charge in [-0.1, -0.05) is 36.9 Å². The minimum absolute atomic E-state index is 0.531. The molecular formula is C15H19N. The van der Waals surface area contributed by atoms with Crippen molar-refractivity contribution in [2.45, 2.75) is 31.6 Å². The molecule has 0 aliphatic heterocycles. The molecule has 16 heavy (non-hydrogen) atoms. The lowest BCUT2D eigenvalue weighted by Crippen LogP contribution is -2.13. The standard InChI is InChI=1S/C15H19N/c1-2-12-3-7-14(8-4-12)15-9-5-13(11-16)6-10-15/h2-4,7-8,11,13,15-16H,1,5-6,9-10H2. The summed E-state index contributed by atoms with van der Waals surface area (Å²) >= 11 is 0. The third kappa shape index (κ3) is 2.41. The molecule has 1 aliphatic rings. The van der Waals surface area contributed by atoms with Gasteiger partial charge in [-0.05, 0) is 54.9 Å². The molecule has 1 fully saturated rings. The molecule has 84 valence electrons. The topological polar surface area (TPSA) is 23.9 Å². The molecule has 1 saturated carbocycles. The van der Waals surface area contributed by atoms with Crippen LogP contribution in [-0.4, -0.2) is 6.21 Å². The normalized spacial score (nSPS) is 25.0. The monoisotopic (exact) mass is 213 g/mol. The predicted molar refractivity (Wildman–Crippen MR) is 70.0 cm³/mol. The summed E-state index contributed by atoms with van der Waals surface area (Å²) in [5, 5.41) is 7.28. The van der Waals surface area contributed by atoms with E-state index in [-0.39, 0.29) is 0 Å². The molecule has 2 rings (SSSR count). The maximum absolute atomic E-state index is 7.28. The molecule has 1 heteroatoms. The van der Waals surface area contributed by atoms with Crippen molar-refractivity contribution in [1.82, 2.24) is 0 Å². The average Bonchev–Trinajstić information content (AvgIpc) is 2.39. The van der Waals surface area contributed by atoms with E-state index in [0.29, 0.717) is 11.8 Å². The van der Waals surface area contributed by atoms with Gasteiger partial charge in [0.1, 0.15) is 0 Å². The fourth-order valence-corrected chi connectivity index (χ4v) is 2.52. The average molecular weight is 213 g/mol. The number of nitrogens with one attached hydrogen (secondary N) is 1. The highest BCUT2D eigenvalue weighted by atomic mass is 14.4. The lowest BCUT2D eigenvalue weighted by atomic mass is 9.79. The second-order valence-electron chi connectivity index (χ2n) is 4.65. The van der Waals surface area contributed by atoms with Crippen LogP contribution in [0.1, 0.15) is 42.7 Å². The van der Waals surface area contributed by atoms with Crippen LogP contribution in [0.4, 0.5) is 0 Å². The highest BCUT2D eigenvalue weighted by Crippen LogP contribution is 2.34. The second-order valence-corrected chi connectivity index (χ2v) is 4.65. The summed E-state index contributed by atoms with van der Waals surface area (Å²) in [6, 6.07) is 8.74. The largest absolute Gasteiger partial charge is 0.313 e. The molecule has 1 nitrogen and oxygen atoms in total. The molecule has 0 radical (unpaired) electrons. The van der Waals surface area contributed by atoms with Crippen LogP contribution in [-0.2, 0) is 0 Å². The lowest BCUT2D eigenvalue weighted by molar-refractivity contribution is 0.396. The van der Waals surface area contributed by atoms with Gasteiger partial charge in [0.2, 0.25) is 0 Å². The van der Waals surface area contributed by atoms with Crippen molar-refractivity contribution < 1.29 is 0 Å². The zero-order valence-corrected chi connectivity index (χ0v) is 9.65. The summed E-state index contributed by atoms with van der Waals surface area (Å²) in [6.07, 6.45) is 8.32. The molecule has 0 bridgehead atoms. The third-order valence-electron chi connectivity index (χ3n) is 3.65. The molecular weight excluding hydrogens is 194 g/mol. The fourth-order valence-electron chi connectivity index (χ4n) is 2.52. The smallest absolute Gasteiger partial charge is 0.00167 e. The van der Waals surface area contributed by atoms with Gasteiger partial charge in [0.25, 0.3) is 0 Å². The van der Waals surface area contributed by atoms with Gasteiger partial charge in [0.15, 0.2) is 0 Å². The summed E-state index contributed by atoms with van der Waals surface area (Å²) in [7, 11) is 0. The Hall–Kier alpha value is -1.37. The Morgan fingerprint density at radius 1 is 1.06 bits per heavy atom. The van der Waals surface area contributed by atoms with Crippen LogP contribution in [0.3, 0.4) is 0 Å². The van der Waals surface area contributed by atoms with Crippen molar-refractivity contribution in [3.63, 3.8) is 0 Å². The van der Waals surface area contributed by atoms with E-state index in [4.69, 9.17) is 5.41 Å². The quantitative estimate of drug-likeness (QED) is 0.726. The van der Waals surface area contributed by atoms with E-state index in [1.807, 2.05) is 6.08 Å². The zero-order valence-electron chi connectivity index (χ0n) is 9.65. The third-order valence-corrected chi connectivity index (χ3v) is 3.65. The minimum atomic E-state index is 0.531. The van der Waals surface area contributed by atoms with Crippen molar-refractivity contribution >= 4 is 12.3 Å². The van der Waals surface area contributed by atoms with Gasteiger partial charge in [-0.2, -0.15) is 0 Å². The number of benzene rings is 1. The van der Waals surface area contributed by atoms with Gasteiger partial charge >= 0.3 is 0 Å². The van der Waals surface area contributed by atoms with Gasteiger partial charge in [-0.25, -0.2) is 0 Å². The molecule has 0 unspecified atom stereocenters. The van der Waals surface area contributed by atoms with Crippen LogP contribution in [0.2, 0.25) is 0 Å². The van der Waals surface area contributed by atoms with E-state index in [1.54, 1.807) is 6.21 Å². The summed E-state index contributed by atoms with van der Waals surface area (Å²) < 4.78 is 0. The minimum Gasteiger partial charge on any atom is -0.313 e. The van der Waals surface area contributed by atoms with E-state index in [0.717, 1.165) is 0 Å². The zero-order chi connectivity index (χ0) is 11.4. The number of hydrogen-bond acceptors (Lipinski definition) is 1. The summed E-state index contributed by atoms with van der Waals surface area (Å²) in [5.41, 5.74) is 2.64. The lowest BCUT2D eigenvalue weighted by Gasteiger charge is -2.26. The van der Waals surface area contributed by atoms with E-state index < -0.39 is 0 Å². The first-order chi connectivity index (χ1) is 7.83. The van der Waals surface area contributed by atoms with Crippen LogP contribution < -0.4 is 0 Å². The van der Waals surface area contributed by atoms with E-state index in [1.165, 1.54) is 36.8 Å². The van der Waals surface area contributed by atoms with Crippen LogP contribution in [0.5, 0.6) is 0 Å². The molecule has 1 aromatic carbocycles. The first-order valence-corrected chi connectivity index (χ1v) is 6.06. The molecule has 1 aromatic rings. The Labute approximate surface area is 97.7 Å². The number of rotatable bonds is 3. The Bertz CT molecular complexity index is 356. The summed E-state index contributed by atoms with van der Waals surface area (Å²) in [4.78, 5) is 0.